The number of anilines is 1. The molecule has 0 radical (unpaired) electrons. The normalized spacial score (nSPS) is 16.9. The number of nitrogens with one attached hydrogen (secondary N) is 1. The summed E-state index contributed by atoms with van der Waals surface area (Å²) in [5.74, 6) is 1.04. The Kier molecular flexibility index (Phi) is 4.61. The molecule has 4 rings (SSSR count). The van der Waals surface area contributed by atoms with E-state index in [1.165, 1.54) is 11.0 Å². The number of rotatable bonds is 4. The molecule has 0 bridgehead atoms. The van der Waals surface area contributed by atoms with Gasteiger partial charge in [0.2, 0.25) is 5.91 Å². The van der Waals surface area contributed by atoms with E-state index in [0.29, 0.717) is 43.3 Å². The molecule has 10 heteroatoms. The van der Waals surface area contributed by atoms with Gasteiger partial charge in [-0.05, 0) is 41.5 Å². The molecule has 1 saturated carbocycles. The van der Waals surface area contributed by atoms with Crippen LogP contribution in [0, 0.1) is 5.92 Å². The van der Waals surface area contributed by atoms with Gasteiger partial charge in [0.15, 0.2) is 0 Å². The maximum absolute atomic E-state index is 12.6. The van der Waals surface area contributed by atoms with Crippen molar-refractivity contribution in [3.8, 4) is 11.4 Å². The standard InChI is InChI=1S/C17H21N7O3/c1-27-15-5-4-13(10-14(15)24-11-18-20-21-24)19-17(26)23-8-6-22(7-9-23)16(25)12-2-3-12/h4-5,10-12H,2-3,6-9H2,1H3,(H,19,26). The molecule has 2 aromatic rings. The fraction of sp³-hybridized carbons (Fsp3) is 0.471. The number of piperazine rings is 1. The predicted molar refractivity (Wildman–Crippen MR) is 95.6 cm³/mol. The monoisotopic (exact) mass is 371 g/mol. The Hall–Kier alpha value is -3.17. The summed E-state index contributed by atoms with van der Waals surface area (Å²) in [6, 6.07) is 5.07. The van der Waals surface area contributed by atoms with Gasteiger partial charge in [0.1, 0.15) is 17.8 Å². The zero-order chi connectivity index (χ0) is 18.8. The number of benzene rings is 1. The SMILES string of the molecule is COc1ccc(NC(=O)N2CCN(C(=O)C3CC3)CC2)cc1-n1cnnn1. The summed E-state index contributed by atoms with van der Waals surface area (Å²) >= 11 is 0. The van der Waals surface area contributed by atoms with Crippen molar-refractivity contribution in [2.75, 3.05) is 38.6 Å². The molecule has 1 saturated heterocycles. The van der Waals surface area contributed by atoms with Crippen LogP contribution in [0.25, 0.3) is 5.69 Å². The molecule has 0 atom stereocenters. The lowest BCUT2D eigenvalue weighted by Crippen LogP contribution is -2.52. The molecule has 142 valence electrons. The fourth-order valence-electron chi connectivity index (χ4n) is 3.14. The van der Waals surface area contributed by atoms with E-state index in [1.807, 2.05) is 4.90 Å². The van der Waals surface area contributed by atoms with Crippen LogP contribution < -0.4 is 10.1 Å². The molecule has 2 fully saturated rings. The second kappa shape index (κ2) is 7.22. The summed E-state index contributed by atoms with van der Waals surface area (Å²) in [5.41, 5.74) is 1.24. The third-order valence-electron chi connectivity index (χ3n) is 4.83. The molecule has 0 spiro atoms. The lowest BCUT2D eigenvalue weighted by atomic mass is 10.2. The Morgan fingerprint density at radius 2 is 1.89 bits per heavy atom. The summed E-state index contributed by atoms with van der Waals surface area (Å²) < 4.78 is 6.80. The smallest absolute Gasteiger partial charge is 0.321 e. The van der Waals surface area contributed by atoms with Crippen LogP contribution in [0.2, 0.25) is 0 Å². The van der Waals surface area contributed by atoms with E-state index in [2.05, 4.69) is 20.8 Å². The third-order valence-corrected chi connectivity index (χ3v) is 4.83. The van der Waals surface area contributed by atoms with Crippen molar-refractivity contribution in [2.24, 2.45) is 5.92 Å². The van der Waals surface area contributed by atoms with Crippen LogP contribution in [0.3, 0.4) is 0 Å². The Morgan fingerprint density at radius 1 is 1.15 bits per heavy atom. The van der Waals surface area contributed by atoms with E-state index in [-0.39, 0.29) is 17.9 Å². The topological polar surface area (TPSA) is 105 Å². The highest BCUT2D eigenvalue weighted by Gasteiger charge is 2.35. The molecular weight excluding hydrogens is 350 g/mol. The minimum absolute atomic E-state index is 0.193. The summed E-state index contributed by atoms with van der Waals surface area (Å²) in [6.45, 7) is 2.23. The van der Waals surface area contributed by atoms with E-state index in [4.69, 9.17) is 4.74 Å². The Balaban J connectivity index is 1.40. The first kappa shape index (κ1) is 17.3. The number of urea groups is 1. The zero-order valence-corrected chi connectivity index (χ0v) is 15.0. The van der Waals surface area contributed by atoms with Gasteiger partial charge in [0, 0.05) is 37.8 Å². The second-order valence-electron chi connectivity index (χ2n) is 6.66. The highest BCUT2D eigenvalue weighted by Crippen LogP contribution is 2.31. The van der Waals surface area contributed by atoms with Gasteiger partial charge in [0.05, 0.1) is 7.11 Å². The fourth-order valence-corrected chi connectivity index (χ4v) is 3.14. The molecule has 2 aliphatic rings. The third kappa shape index (κ3) is 3.69. The molecule has 1 aromatic heterocycles. The van der Waals surface area contributed by atoms with E-state index < -0.39 is 0 Å². The Labute approximate surface area is 156 Å². The van der Waals surface area contributed by atoms with E-state index in [0.717, 1.165) is 12.8 Å². The minimum Gasteiger partial charge on any atom is -0.494 e. The van der Waals surface area contributed by atoms with Gasteiger partial charge >= 0.3 is 6.03 Å². The number of carbonyl (C=O) groups excluding carboxylic acids is 2. The number of tetrazole rings is 1. The van der Waals surface area contributed by atoms with Crippen molar-refractivity contribution in [2.45, 2.75) is 12.8 Å². The Bertz CT molecular complexity index is 827. The van der Waals surface area contributed by atoms with Crippen LogP contribution in [0.5, 0.6) is 5.75 Å². The van der Waals surface area contributed by atoms with Gasteiger partial charge in [0.25, 0.3) is 0 Å². The molecule has 0 unspecified atom stereocenters. The second-order valence-corrected chi connectivity index (χ2v) is 6.66. The van der Waals surface area contributed by atoms with Crippen LogP contribution in [0.4, 0.5) is 10.5 Å². The lowest BCUT2D eigenvalue weighted by Gasteiger charge is -2.34. The van der Waals surface area contributed by atoms with Crippen LogP contribution in [-0.4, -0.2) is 75.2 Å². The van der Waals surface area contributed by atoms with Crippen molar-refractivity contribution in [1.82, 2.24) is 30.0 Å². The largest absolute Gasteiger partial charge is 0.494 e. The van der Waals surface area contributed by atoms with E-state index in [1.54, 1.807) is 30.2 Å². The molecular formula is C17H21N7O3. The van der Waals surface area contributed by atoms with Crippen LogP contribution >= 0.6 is 0 Å². The van der Waals surface area contributed by atoms with Crippen molar-refractivity contribution < 1.29 is 14.3 Å². The van der Waals surface area contributed by atoms with Crippen LogP contribution in [-0.2, 0) is 4.79 Å². The van der Waals surface area contributed by atoms with Gasteiger partial charge in [-0.1, -0.05) is 0 Å². The predicted octanol–water partition coefficient (Wildman–Crippen LogP) is 0.757. The first-order chi connectivity index (χ1) is 13.2. The molecule has 1 N–H and O–H groups in total. The van der Waals surface area contributed by atoms with Gasteiger partial charge in [-0.3, -0.25) is 4.79 Å². The number of hydrogen-bond acceptors (Lipinski definition) is 6. The van der Waals surface area contributed by atoms with Crippen LogP contribution in [0.15, 0.2) is 24.5 Å². The maximum Gasteiger partial charge on any atom is 0.321 e. The van der Waals surface area contributed by atoms with Crippen molar-refractivity contribution in [3.63, 3.8) is 0 Å². The van der Waals surface area contributed by atoms with Gasteiger partial charge in [-0.2, -0.15) is 4.68 Å². The summed E-state index contributed by atoms with van der Waals surface area (Å²) in [5, 5.41) is 14.0. The van der Waals surface area contributed by atoms with Crippen molar-refractivity contribution in [1.29, 1.82) is 0 Å². The number of ether oxygens (including phenoxy) is 1. The molecule has 2 heterocycles. The van der Waals surface area contributed by atoms with Gasteiger partial charge in [-0.15, -0.1) is 5.10 Å². The number of carbonyl (C=O) groups is 2. The van der Waals surface area contributed by atoms with E-state index >= 15 is 0 Å². The van der Waals surface area contributed by atoms with E-state index in [9.17, 15) is 9.59 Å². The number of nitrogens with zero attached hydrogens (tertiary/aromatic N) is 6. The molecule has 3 amide bonds. The number of hydrogen-bond donors (Lipinski definition) is 1. The number of methoxy groups -OCH3 is 1. The molecule has 1 aliphatic carbocycles. The quantitative estimate of drug-likeness (QED) is 0.850. The average Bonchev–Trinajstić information content (AvgIpc) is 3.41. The average molecular weight is 371 g/mol. The van der Waals surface area contributed by atoms with Crippen molar-refractivity contribution >= 4 is 17.6 Å². The first-order valence-corrected chi connectivity index (χ1v) is 8.92. The summed E-state index contributed by atoms with van der Waals surface area (Å²) in [6.07, 6.45) is 3.46. The maximum atomic E-state index is 12.6. The van der Waals surface area contributed by atoms with Crippen molar-refractivity contribution in [3.05, 3.63) is 24.5 Å². The molecule has 10 nitrogen and oxygen atoms in total. The number of aromatic nitrogens is 4. The lowest BCUT2D eigenvalue weighted by molar-refractivity contribution is -0.133. The molecule has 27 heavy (non-hydrogen) atoms. The zero-order valence-electron chi connectivity index (χ0n) is 15.0. The van der Waals surface area contributed by atoms with Gasteiger partial charge in [-0.25, -0.2) is 4.79 Å². The summed E-state index contributed by atoms with van der Waals surface area (Å²) in [7, 11) is 1.56. The highest BCUT2D eigenvalue weighted by atomic mass is 16.5. The minimum atomic E-state index is -0.193. The molecule has 1 aromatic carbocycles. The number of amides is 3. The van der Waals surface area contributed by atoms with Gasteiger partial charge < -0.3 is 19.9 Å². The summed E-state index contributed by atoms with van der Waals surface area (Å²) in [4.78, 5) is 28.3. The van der Waals surface area contributed by atoms with Crippen LogP contribution in [0.1, 0.15) is 12.8 Å². The first-order valence-electron chi connectivity index (χ1n) is 8.92. The molecule has 1 aliphatic heterocycles. The highest BCUT2D eigenvalue weighted by molar-refractivity contribution is 5.90. The Morgan fingerprint density at radius 3 is 2.52 bits per heavy atom.